The normalized spacial score (nSPS) is 12.2. The van der Waals surface area contributed by atoms with Crippen molar-refractivity contribution in [3.8, 4) is 0 Å². The molecule has 1 rings (SSSR count). The maximum Gasteiger partial charge on any atom is 0.263 e. The number of thiophene rings is 1. The van der Waals surface area contributed by atoms with Gasteiger partial charge in [0, 0.05) is 12.6 Å². The minimum absolute atomic E-state index is 0.152. The topological polar surface area (TPSA) is 110 Å². The number of primary amides is 1. The molecule has 0 fully saturated rings. The molecule has 1 aromatic heterocycles. The molecule has 2 amide bonds. The van der Waals surface area contributed by atoms with E-state index in [2.05, 4.69) is 31.4 Å². The van der Waals surface area contributed by atoms with Gasteiger partial charge in [0.1, 0.15) is 9.88 Å². The van der Waals surface area contributed by atoms with E-state index >= 15 is 0 Å². The van der Waals surface area contributed by atoms with Gasteiger partial charge in [-0.25, -0.2) is 0 Å². The molecule has 0 aliphatic rings. The van der Waals surface area contributed by atoms with Crippen LogP contribution in [0.1, 0.15) is 54.1 Å². The van der Waals surface area contributed by atoms with Gasteiger partial charge in [-0.3, -0.25) is 9.59 Å². The fourth-order valence-electron chi connectivity index (χ4n) is 2.11. The average molecular weight is 312 g/mol. The molecule has 21 heavy (non-hydrogen) atoms. The van der Waals surface area contributed by atoms with E-state index in [1.54, 1.807) is 0 Å². The number of carbonyl (C=O) groups is 2. The number of hydrogen-bond acceptors (Lipinski definition) is 5. The molecule has 0 radical (unpaired) electrons. The predicted octanol–water partition coefficient (Wildman–Crippen LogP) is 2.03. The Hall–Kier alpha value is -1.76. The zero-order chi connectivity index (χ0) is 16.2. The fourth-order valence-corrected chi connectivity index (χ4v) is 3.21. The quantitative estimate of drug-likeness (QED) is 0.617. The van der Waals surface area contributed by atoms with Gasteiger partial charge < -0.3 is 22.1 Å². The summed E-state index contributed by atoms with van der Waals surface area (Å²) >= 11 is 1.17. The summed E-state index contributed by atoms with van der Waals surface area (Å²) in [4.78, 5) is 24.0. The molecule has 1 aromatic rings. The SMILES string of the molecule is CCNC(=O)c1sc(NC(CC)C(C)C)c(C(N)=O)c1N. The number of nitrogens with two attached hydrogens (primary N) is 2. The van der Waals surface area contributed by atoms with Gasteiger partial charge in [-0.2, -0.15) is 0 Å². The van der Waals surface area contributed by atoms with Crippen molar-refractivity contribution in [3.05, 3.63) is 10.4 Å². The lowest BCUT2D eigenvalue weighted by Gasteiger charge is -2.21. The van der Waals surface area contributed by atoms with Gasteiger partial charge in [0.25, 0.3) is 11.8 Å². The summed E-state index contributed by atoms with van der Waals surface area (Å²) in [5, 5.41) is 6.55. The van der Waals surface area contributed by atoms with E-state index in [9.17, 15) is 9.59 Å². The van der Waals surface area contributed by atoms with E-state index in [0.717, 1.165) is 6.42 Å². The third-order valence-corrected chi connectivity index (χ3v) is 4.43. The molecular weight excluding hydrogens is 288 g/mol. The van der Waals surface area contributed by atoms with Crippen molar-refractivity contribution in [2.75, 3.05) is 17.6 Å². The highest BCUT2D eigenvalue weighted by molar-refractivity contribution is 7.19. The average Bonchev–Trinajstić information content (AvgIpc) is 2.72. The van der Waals surface area contributed by atoms with Crippen molar-refractivity contribution in [2.24, 2.45) is 11.7 Å². The number of anilines is 2. The first-order valence-corrected chi connectivity index (χ1v) is 7.91. The van der Waals surface area contributed by atoms with E-state index < -0.39 is 5.91 Å². The Labute approximate surface area is 129 Å². The van der Waals surface area contributed by atoms with Crippen LogP contribution in [-0.2, 0) is 0 Å². The highest BCUT2D eigenvalue weighted by atomic mass is 32.1. The standard InChI is InChI=1S/C14H24N4O2S/c1-5-8(7(3)4)18-14-9(12(16)19)10(15)11(21-14)13(20)17-6-2/h7-8,18H,5-6,15H2,1-4H3,(H2,16,19)(H,17,20). The molecule has 118 valence electrons. The van der Waals surface area contributed by atoms with E-state index in [0.29, 0.717) is 22.3 Å². The van der Waals surface area contributed by atoms with Crippen molar-refractivity contribution in [1.82, 2.24) is 5.32 Å². The zero-order valence-electron chi connectivity index (χ0n) is 12.9. The van der Waals surface area contributed by atoms with Gasteiger partial charge in [-0.15, -0.1) is 11.3 Å². The summed E-state index contributed by atoms with van der Waals surface area (Å²) in [6, 6.07) is 0.184. The number of nitrogens with one attached hydrogen (secondary N) is 2. The molecule has 7 heteroatoms. The summed E-state index contributed by atoms with van der Waals surface area (Å²) in [5.74, 6) is -0.527. The molecule has 0 aromatic carbocycles. The van der Waals surface area contributed by atoms with E-state index in [1.807, 2.05) is 6.92 Å². The summed E-state index contributed by atoms with van der Waals surface area (Å²) in [5.41, 5.74) is 11.7. The Morgan fingerprint density at radius 2 is 1.90 bits per heavy atom. The van der Waals surface area contributed by atoms with Crippen LogP contribution in [0.3, 0.4) is 0 Å². The van der Waals surface area contributed by atoms with E-state index in [1.165, 1.54) is 11.3 Å². The molecule has 0 saturated carbocycles. The van der Waals surface area contributed by atoms with Crippen molar-refractivity contribution in [2.45, 2.75) is 40.2 Å². The minimum Gasteiger partial charge on any atom is -0.397 e. The van der Waals surface area contributed by atoms with Crippen LogP contribution in [0.5, 0.6) is 0 Å². The van der Waals surface area contributed by atoms with Crippen molar-refractivity contribution < 1.29 is 9.59 Å². The van der Waals surface area contributed by atoms with Crippen molar-refractivity contribution in [3.63, 3.8) is 0 Å². The largest absolute Gasteiger partial charge is 0.397 e. The van der Waals surface area contributed by atoms with Crippen molar-refractivity contribution >= 4 is 33.8 Å². The van der Waals surface area contributed by atoms with E-state index in [-0.39, 0.29) is 23.2 Å². The van der Waals surface area contributed by atoms with Crippen LogP contribution in [0.4, 0.5) is 10.7 Å². The molecule has 0 aliphatic carbocycles. The van der Waals surface area contributed by atoms with E-state index in [4.69, 9.17) is 11.5 Å². The fraction of sp³-hybridized carbons (Fsp3) is 0.571. The third kappa shape index (κ3) is 3.87. The van der Waals surface area contributed by atoms with Crippen LogP contribution >= 0.6 is 11.3 Å². The number of hydrogen-bond donors (Lipinski definition) is 4. The van der Waals surface area contributed by atoms with Gasteiger partial charge in [0.15, 0.2) is 0 Å². The van der Waals surface area contributed by atoms with Crippen LogP contribution < -0.4 is 22.1 Å². The molecule has 1 unspecified atom stereocenters. The van der Waals surface area contributed by atoms with Crippen LogP contribution in [-0.4, -0.2) is 24.4 Å². The number of carbonyl (C=O) groups excluding carboxylic acids is 2. The Balaban J connectivity index is 3.22. The van der Waals surface area contributed by atoms with Crippen LogP contribution in [0.15, 0.2) is 0 Å². The Kier molecular flexibility index (Phi) is 6.02. The number of rotatable bonds is 7. The van der Waals surface area contributed by atoms with Gasteiger partial charge in [0.05, 0.1) is 11.3 Å². The van der Waals surface area contributed by atoms with Crippen LogP contribution in [0.25, 0.3) is 0 Å². The Morgan fingerprint density at radius 3 is 2.33 bits per heavy atom. The molecule has 0 aliphatic heterocycles. The number of nitrogen functional groups attached to an aromatic ring is 1. The lowest BCUT2D eigenvalue weighted by Crippen LogP contribution is -2.26. The monoisotopic (exact) mass is 312 g/mol. The molecule has 1 atom stereocenters. The molecule has 0 spiro atoms. The molecule has 0 saturated heterocycles. The lowest BCUT2D eigenvalue weighted by atomic mass is 10.0. The predicted molar refractivity (Wildman–Crippen MR) is 87.8 cm³/mol. The van der Waals surface area contributed by atoms with Gasteiger partial charge in [-0.1, -0.05) is 20.8 Å². The van der Waals surface area contributed by atoms with Gasteiger partial charge in [0.2, 0.25) is 0 Å². The highest BCUT2D eigenvalue weighted by Crippen LogP contribution is 2.36. The molecule has 6 nitrogen and oxygen atoms in total. The number of amides is 2. The summed E-state index contributed by atoms with van der Waals surface area (Å²) in [6.07, 6.45) is 0.893. The zero-order valence-corrected chi connectivity index (χ0v) is 13.8. The first kappa shape index (κ1) is 17.3. The maximum atomic E-state index is 12.0. The smallest absolute Gasteiger partial charge is 0.263 e. The molecule has 0 bridgehead atoms. The first-order chi connectivity index (χ1) is 9.83. The first-order valence-electron chi connectivity index (χ1n) is 7.10. The second-order valence-electron chi connectivity index (χ2n) is 5.18. The van der Waals surface area contributed by atoms with Gasteiger partial charge in [-0.05, 0) is 19.3 Å². The second kappa shape index (κ2) is 7.31. The van der Waals surface area contributed by atoms with Crippen molar-refractivity contribution in [1.29, 1.82) is 0 Å². The third-order valence-electron chi connectivity index (χ3n) is 3.30. The molecule has 6 N–H and O–H groups in total. The Bertz CT molecular complexity index is 525. The Morgan fingerprint density at radius 1 is 1.29 bits per heavy atom. The summed E-state index contributed by atoms with van der Waals surface area (Å²) < 4.78 is 0. The second-order valence-corrected chi connectivity index (χ2v) is 6.20. The van der Waals surface area contributed by atoms with Gasteiger partial charge >= 0.3 is 0 Å². The summed E-state index contributed by atoms with van der Waals surface area (Å²) in [6.45, 7) is 8.55. The highest BCUT2D eigenvalue weighted by Gasteiger charge is 2.25. The summed E-state index contributed by atoms with van der Waals surface area (Å²) in [7, 11) is 0. The van der Waals surface area contributed by atoms with Crippen LogP contribution in [0.2, 0.25) is 0 Å². The molecular formula is C14H24N4O2S. The lowest BCUT2D eigenvalue weighted by molar-refractivity contribution is 0.0960. The maximum absolute atomic E-state index is 12.0. The minimum atomic E-state index is -0.625. The van der Waals surface area contributed by atoms with Crippen LogP contribution in [0, 0.1) is 5.92 Å². The molecule has 1 heterocycles.